The maximum absolute atomic E-state index is 11.8. The minimum Gasteiger partial charge on any atom is -0.462 e. The van der Waals surface area contributed by atoms with Gasteiger partial charge in [-0.15, -0.1) is 0 Å². The maximum Gasteiger partial charge on any atom is 0.334 e. The van der Waals surface area contributed by atoms with Crippen molar-refractivity contribution in [1.29, 1.82) is 0 Å². The largest absolute Gasteiger partial charge is 0.462 e. The number of carbonyl (C=O) groups excluding carboxylic acids is 2. The number of allylic oxidation sites excluding steroid dienone is 1. The van der Waals surface area contributed by atoms with Gasteiger partial charge in [-0.25, -0.2) is 4.79 Å². The standard InChI is InChI=1S/C17H22O4/c1-9-5-6-15(20-11(3)18)17(4)8-14-12(7-13(9)17)10(2)16(19)21-14/h13-15H,1,5-8H2,2-4H3/t13-,14-,15+,17-/m0/s1. The van der Waals surface area contributed by atoms with Crippen LogP contribution in [0.5, 0.6) is 0 Å². The summed E-state index contributed by atoms with van der Waals surface area (Å²) in [7, 11) is 0. The molecule has 3 aliphatic rings. The lowest BCUT2D eigenvalue weighted by atomic mass is 9.56. The fourth-order valence-electron chi connectivity index (χ4n) is 4.29. The molecule has 0 unspecified atom stereocenters. The van der Waals surface area contributed by atoms with Crippen molar-refractivity contribution in [3.63, 3.8) is 0 Å². The Morgan fingerprint density at radius 3 is 2.86 bits per heavy atom. The van der Waals surface area contributed by atoms with Crippen LogP contribution < -0.4 is 0 Å². The molecule has 2 aliphatic carbocycles. The second kappa shape index (κ2) is 4.72. The van der Waals surface area contributed by atoms with Crippen molar-refractivity contribution in [2.75, 3.05) is 0 Å². The molecule has 3 rings (SSSR count). The molecule has 0 aromatic carbocycles. The summed E-state index contributed by atoms with van der Waals surface area (Å²) >= 11 is 0. The van der Waals surface area contributed by atoms with Crippen molar-refractivity contribution in [1.82, 2.24) is 0 Å². The van der Waals surface area contributed by atoms with E-state index in [4.69, 9.17) is 9.47 Å². The van der Waals surface area contributed by atoms with Gasteiger partial charge < -0.3 is 9.47 Å². The summed E-state index contributed by atoms with van der Waals surface area (Å²) < 4.78 is 11.1. The molecular formula is C17H22O4. The van der Waals surface area contributed by atoms with Crippen molar-refractivity contribution in [3.8, 4) is 0 Å². The fourth-order valence-corrected chi connectivity index (χ4v) is 4.29. The first-order chi connectivity index (χ1) is 9.83. The Bertz CT molecular complexity index is 559. The van der Waals surface area contributed by atoms with Gasteiger partial charge in [-0.2, -0.15) is 0 Å². The van der Waals surface area contributed by atoms with Gasteiger partial charge in [0.25, 0.3) is 0 Å². The normalized spacial score (nSPS) is 38.7. The Morgan fingerprint density at radius 2 is 2.19 bits per heavy atom. The molecule has 1 heterocycles. The number of esters is 2. The molecule has 0 radical (unpaired) electrons. The smallest absolute Gasteiger partial charge is 0.334 e. The molecule has 0 saturated heterocycles. The van der Waals surface area contributed by atoms with Crippen LogP contribution in [0.1, 0.15) is 46.5 Å². The number of hydrogen-bond donors (Lipinski definition) is 0. The highest BCUT2D eigenvalue weighted by molar-refractivity contribution is 5.91. The zero-order valence-corrected chi connectivity index (χ0v) is 12.9. The van der Waals surface area contributed by atoms with Crippen LogP contribution in [0.15, 0.2) is 23.3 Å². The fraction of sp³-hybridized carbons (Fsp3) is 0.647. The second-order valence-corrected chi connectivity index (χ2v) is 6.81. The van der Waals surface area contributed by atoms with Crippen LogP contribution in [0, 0.1) is 11.3 Å². The van der Waals surface area contributed by atoms with Gasteiger partial charge in [0, 0.05) is 17.9 Å². The molecule has 0 spiro atoms. The molecule has 4 atom stereocenters. The monoisotopic (exact) mass is 290 g/mol. The quantitative estimate of drug-likeness (QED) is 0.550. The molecule has 2 saturated carbocycles. The molecule has 0 bridgehead atoms. The van der Waals surface area contributed by atoms with Gasteiger partial charge in [0.2, 0.25) is 0 Å². The lowest BCUT2D eigenvalue weighted by Gasteiger charge is -2.51. The summed E-state index contributed by atoms with van der Waals surface area (Å²) in [5, 5.41) is 0. The summed E-state index contributed by atoms with van der Waals surface area (Å²) in [5.41, 5.74) is 2.88. The van der Waals surface area contributed by atoms with E-state index in [1.54, 1.807) is 0 Å². The number of rotatable bonds is 1. The third-order valence-electron chi connectivity index (χ3n) is 5.54. The van der Waals surface area contributed by atoms with Crippen LogP contribution in [0.4, 0.5) is 0 Å². The Labute approximate surface area is 125 Å². The van der Waals surface area contributed by atoms with Crippen LogP contribution in [0.25, 0.3) is 0 Å². The predicted molar refractivity (Wildman–Crippen MR) is 77.3 cm³/mol. The zero-order valence-electron chi connectivity index (χ0n) is 12.9. The van der Waals surface area contributed by atoms with Gasteiger partial charge >= 0.3 is 11.9 Å². The van der Waals surface area contributed by atoms with Gasteiger partial charge in [-0.05, 0) is 44.1 Å². The summed E-state index contributed by atoms with van der Waals surface area (Å²) in [5.74, 6) is -0.188. The van der Waals surface area contributed by atoms with Crippen molar-refractivity contribution < 1.29 is 19.1 Å². The molecule has 0 N–H and O–H groups in total. The van der Waals surface area contributed by atoms with Gasteiger partial charge in [0.1, 0.15) is 12.2 Å². The molecule has 0 amide bonds. The molecule has 4 heteroatoms. The number of ether oxygens (including phenoxy) is 2. The molecule has 0 aromatic heterocycles. The van der Waals surface area contributed by atoms with E-state index in [1.165, 1.54) is 12.5 Å². The number of hydrogen-bond acceptors (Lipinski definition) is 4. The molecule has 114 valence electrons. The first kappa shape index (κ1) is 14.4. The predicted octanol–water partition coefficient (Wildman–Crippen LogP) is 2.93. The minimum atomic E-state index is -0.242. The Kier molecular flexibility index (Phi) is 3.23. The summed E-state index contributed by atoms with van der Waals surface area (Å²) in [6.45, 7) is 9.67. The molecule has 0 aromatic rings. The molecule has 21 heavy (non-hydrogen) atoms. The van der Waals surface area contributed by atoms with E-state index in [-0.39, 0.29) is 35.5 Å². The Hall–Kier alpha value is -1.58. The highest BCUT2D eigenvalue weighted by Crippen LogP contribution is 2.56. The van der Waals surface area contributed by atoms with Crippen LogP contribution >= 0.6 is 0 Å². The molecule has 2 fully saturated rings. The van der Waals surface area contributed by atoms with Crippen LogP contribution in [0.2, 0.25) is 0 Å². The average molecular weight is 290 g/mol. The Morgan fingerprint density at radius 1 is 1.48 bits per heavy atom. The van der Waals surface area contributed by atoms with Crippen LogP contribution in [0.3, 0.4) is 0 Å². The molecule has 1 aliphatic heterocycles. The van der Waals surface area contributed by atoms with E-state index in [0.29, 0.717) is 6.42 Å². The van der Waals surface area contributed by atoms with Crippen molar-refractivity contribution in [2.45, 2.75) is 58.7 Å². The van der Waals surface area contributed by atoms with Gasteiger partial charge in [-0.3, -0.25) is 4.79 Å². The number of fused-ring (bicyclic) bond motifs is 2. The minimum absolute atomic E-state index is 0.119. The van der Waals surface area contributed by atoms with Crippen molar-refractivity contribution >= 4 is 11.9 Å². The van der Waals surface area contributed by atoms with E-state index < -0.39 is 0 Å². The van der Waals surface area contributed by atoms with E-state index in [2.05, 4.69) is 13.5 Å². The SMILES string of the molecule is C=C1CC[C@@H](OC(C)=O)[C@@]2(C)C[C@@H]3OC(=O)C(C)=C3C[C@@H]12. The molecule has 4 nitrogen and oxygen atoms in total. The van der Waals surface area contributed by atoms with Gasteiger partial charge in [0.15, 0.2) is 0 Å². The van der Waals surface area contributed by atoms with E-state index >= 15 is 0 Å². The van der Waals surface area contributed by atoms with E-state index in [1.807, 2.05) is 6.92 Å². The van der Waals surface area contributed by atoms with Crippen LogP contribution in [-0.4, -0.2) is 24.1 Å². The van der Waals surface area contributed by atoms with Gasteiger partial charge in [0.05, 0.1) is 0 Å². The first-order valence-electron chi connectivity index (χ1n) is 7.58. The summed E-state index contributed by atoms with van der Waals surface area (Å²) in [6, 6.07) is 0. The highest BCUT2D eigenvalue weighted by atomic mass is 16.6. The topological polar surface area (TPSA) is 52.6 Å². The average Bonchev–Trinajstić information content (AvgIpc) is 2.66. The third-order valence-corrected chi connectivity index (χ3v) is 5.54. The lowest BCUT2D eigenvalue weighted by molar-refractivity contribution is -0.164. The number of carbonyl (C=O) groups is 2. The Balaban J connectivity index is 1.95. The molecular weight excluding hydrogens is 268 g/mol. The maximum atomic E-state index is 11.8. The van der Waals surface area contributed by atoms with E-state index in [9.17, 15) is 9.59 Å². The van der Waals surface area contributed by atoms with Crippen LogP contribution in [-0.2, 0) is 19.1 Å². The summed E-state index contributed by atoms with van der Waals surface area (Å²) in [4.78, 5) is 23.2. The highest BCUT2D eigenvalue weighted by Gasteiger charge is 2.54. The zero-order chi connectivity index (χ0) is 15.4. The summed E-state index contributed by atoms with van der Waals surface area (Å²) in [6.07, 6.45) is 2.94. The lowest BCUT2D eigenvalue weighted by Crippen LogP contribution is -2.50. The van der Waals surface area contributed by atoms with Gasteiger partial charge in [-0.1, -0.05) is 19.1 Å². The first-order valence-corrected chi connectivity index (χ1v) is 7.58. The van der Waals surface area contributed by atoms with E-state index in [0.717, 1.165) is 30.4 Å². The second-order valence-electron chi connectivity index (χ2n) is 6.81. The van der Waals surface area contributed by atoms with Crippen molar-refractivity contribution in [2.24, 2.45) is 11.3 Å². The third kappa shape index (κ3) is 2.12. The van der Waals surface area contributed by atoms with Crippen molar-refractivity contribution in [3.05, 3.63) is 23.3 Å².